The Morgan fingerprint density at radius 3 is 2.61 bits per heavy atom. The molecule has 1 heterocycles. The van der Waals surface area contributed by atoms with Crippen molar-refractivity contribution in [3.05, 3.63) is 71.5 Å². The van der Waals surface area contributed by atoms with Crippen molar-refractivity contribution in [3.63, 3.8) is 0 Å². The number of nitrogens with zero attached hydrogens (tertiary/aromatic N) is 1. The number of carbonyl (C=O) groups excluding carboxylic acids is 1. The molecule has 1 amide bonds. The summed E-state index contributed by atoms with van der Waals surface area (Å²) in [7, 11) is 0. The van der Waals surface area contributed by atoms with Gasteiger partial charge < -0.3 is 9.64 Å². The van der Waals surface area contributed by atoms with E-state index in [1.165, 1.54) is 17.7 Å². The quantitative estimate of drug-likeness (QED) is 0.870. The Balaban J connectivity index is 1.73. The van der Waals surface area contributed by atoms with Gasteiger partial charge in [0.1, 0.15) is 5.82 Å². The summed E-state index contributed by atoms with van der Waals surface area (Å²) >= 11 is 0. The molecule has 2 unspecified atom stereocenters. The van der Waals surface area contributed by atoms with E-state index in [4.69, 9.17) is 4.74 Å². The largest absolute Gasteiger partial charge is 0.374 e. The monoisotopic (exact) mass is 313 g/mol. The third kappa shape index (κ3) is 3.59. The summed E-state index contributed by atoms with van der Waals surface area (Å²) in [5.41, 5.74) is 1.30. The van der Waals surface area contributed by atoms with Crippen LogP contribution >= 0.6 is 0 Å². The second-order valence-electron chi connectivity index (χ2n) is 5.93. The van der Waals surface area contributed by atoms with Crippen LogP contribution in [0.2, 0.25) is 0 Å². The normalized spacial score (nSPS) is 21.2. The van der Waals surface area contributed by atoms with Gasteiger partial charge in [0.2, 0.25) is 0 Å². The molecule has 0 N–H and O–H groups in total. The van der Waals surface area contributed by atoms with Crippen LogP contribution in [-0.4, -0.2) is 36.1 Å². The van der Waals surface area contributed by atoms with Crippen LogP contribution in [0.4, 0.5) is 4.39 Å². The number of amides is 1. The topological polar surface area (TPSA) is 29.5 Å². The van der Waals surface area contributed by atoms with Crippen LogP contribution in [0.25, 0.3) is 0 Å². The van der Waals surface area contributed by atoms with E-state index < -0.39 is 5.82 Å². The lowest BCUT2D eigenvalue weighted by atomic mass is 10.0. The summed E-state index contributed by atoms with van der Waals surface area (Å²) in [6.07, 6.45) is 0.679. The Morgan fingerprint density at radius 2 is 1.87 bits per heavy atom. The zero-order valence-corrected chi connectivity index (χ0v) is 13.1. The number of hydrogen-bond acceptors (Lipinski definition) is 2. The Hall–Kier alpha value is -2.20. The molecule has 0 aromatic heterocycles. The van der Waals surface area contributed by atoms with Crippen LogP contribution < -0.4 is 0 Å². The van der Waals surface area contributed by atoms with Crippen LogP contribution in [0.15, 0.2) is 54.6 Å². The molecule has 3 rings (SSSR count). The molecule has 1 fully saturated rings. The second-order valence-corrected chi connectivity index (χ2v) is 5.93. The van der Waals surface area contributed by atoms with Crippen molar-refractivity contribution in [1.29, 1.82) is 0 Å². The second kappa shape index (κ2) is 6.92. The molecule has 0 bridgehead atoms. The number of benzene rings is 2. The fourth-order valence-corrected chi connectivity index (χ4v) is 2.89. The fraction of sp³-hybridized carbons (Fsp3) is 0.316. The highest BCUT2D eigenvalue weighted by atomic mass is 19.1. The average molecular weight is 313 g/mol. The first-order valence-corrected chi connectivity index (χ1v) is 7.86. The number of morpholine rings is 1. The molecule has 4 heteroatoms. The summed E-state index contributed by atoms with van der Waals surface area (Å²) in [6.45, 7) is 2.87. The molecule has 0 radical (unpaired) electrons. The highest BCUT2D eigenvalue weighted by molar-refractivity contribution is 5.94. The zero-order valence-electron chi connectivity index (χ0n) is 13.1. The van der Waals surface area contributed by atoms with Crippen LogP contribution in [0, 0.1) is 5.82 Å². The van der Waals surface area contributed by atoms with E-state index in [1.807, 2.05) is 37.3 Å². The van der Waals surface area contributed by atoms with Gasteiger partial charge in [0.25, 0.3) is 5.91 Å². The van der Waals surface area contributed by atoms with E-state index >= 15 is 0 Å². The van der Waals surface area contributed by atoms with E-state index in [0.29, 0.717) is 13.2 Å². The van der Waals surface area contributed by atoms with E-state index in [2.05, 4.69) is 0 Å². The van der Waals surface area contributed by atoms with Crippen molar-refractivity contribution in [3.8, 4) is 0 Å². The molecule has 3 nitrogen and oxygen atoms in total. The number of ether oxygens (including phenoxy) is 1. The maximum absolute atomic E-state index is 13.9. The lowest BCUT2D eigenvalue weighted by molar-refractivity contribution is -0.0465. The molecule has 0 aliphatic carbocycles. The molecule has 23 heavy (non-hydrogen) atoms. The van der Waals surface area contributed by atoms with Crippen molar-refractivity contribution in [1.82, 2.24) is 4.90 Å². The molecule has 1 saturated heterocycles. The summed E-state index contributed by atoms with van der Waals surface area (Å²) in [6, 6.07) is 16.1. The van der Waals surface area contributed by atoms with E-state index in [0.717, 1.165) is 6.42 Å². The first kappa shape index (κ1) is 15.7. The molecule has 0 saturated carbocycles. The van der Waals surface area contributed by atoms with Gasteiger partial charge in [0.05, 0.1) is 24.3 Å². The number of carbonyl (C=O) groups is 1. The molecule has 1 aliphatic rings. The standard InChI is InChI=1S/C19H20FNO2/c1-14-13-23-16(11-15-7-3-2-4-8-15)12-21(14)19(22)17-9-5-6-10-18(17)20/h2-10,14,16H,11-13H2,1H3. The zero-order chi connectivity index (χ0) is 16.2. The van der Waals surface area contributed by atoms with Gasteiger partial charge in [-0.05, 0) is 24.6 Å². The molecule has 120 valence electrons. The van der Waals surface area contributed by atoms with Crippen LogP contribution in [0.3, 0.4) is 0 Å². The Kier molecular flexibility index (Phi) is 4.72. The third-order valence-corrected chi connectivity index (χ3v) is 4.18. The Morgan fingerprint density at radius 1 is 1.17 bits per heavy atom. The van der Waals surface area contributed by atoms with Crippen LogP contribution in [-0.2, 0) is 11.2 Å². The van der Waals surface area contributed by atoms with Gasteiger partial charge in [-0.2, -0.15) is 0 Å². The van der Waals surface area contributed by atoms with Gasteiger partial charge in [0.15, 0.2) is 0 Å². The minimum Gasteiger partial charge on any atom is -0.374 e. The predicted octanol–water partition coefficient (Wildman–Crippen LogP) is 3.30. The molecule has 2 atom stereocenters. The number of rotatable bonds is 3. The summed E-state index contributed by atoms with van der Waals surface area (Å²) in [5.74, 6) is -0.743. The SMILES string of the molecule is CC1COC(Cc2ccccc2)CN1C(=O)c1ccccc1F. The molecular weight excluding hydrogens is 293 g/mol. The molecule has 0 spiro atoms. The highest BCUT2D eigenvalue weighted by Crippen LogP contribution is 2.19. The Bertz CT molecular complexity index is 674. The first-order chi connectivity index (χ1) is 11.1. The maximum Gasteiger partial charge on any atom is 0.257 e. The molecular formula is C19H20FNO2. The molecule has 2 aromatic carbocycles. The van der Waals surface area contributed by atoms with Crippen molar-refractivity contribution in [2.45, 2.75) is 25.5 Å². The Labute approximate surface area is 135 Å². The molecule has 1 aliphatic heterocycles. The lowest BCUT2D eigenvalue weighted by Crippen LogP contribution is -2.51. The minimum absolute atomic E-state index is 0.0610. The van der Waals surface area contributed by atoms with Gasteiger partial charge in [-0.15, -0.1) is 0 Å². The van der Waals surface area contributed by atoms with Gasteiger partial charge >= 0.3 is 0 Å². The van der Waals surface area contributed by atoms with Gasteiger partial charge in [-0.25, -0.2) is 4.39 Å². The van der Waals surface area contributed by atoms with Crippen LogP contribution in [0.5, 0.6) is 0 Å². The minimum atomic E-state index is -0.476. The maximum atomic E-state index is 13.9. The smallest absolute Gasteiger partial charge is 0.257 e. The van der Waals surface area contributed by atoms with Crippen molar-refractivity contribution in [2.75, 3.05) is 13.2 Å². The predicted molar refractivity (Wildman–Crippen MR) is 86.8 cm³/mol. The summed E-state index contributed by atoms with van der Waals surface area (Å²) < 4.78 is 19.7. The van der Waals surface area contributed by atoms with E-state index in [-0.39, 0.29) is 23.6 Å². The molecule has 2 aromatic rings. The van der Waals surface area contributed by atoms with Crippen LogP contribution in [0.1, 0.15) is 22.8 Å². The van der Waals surface area contributed by atoms with Gasteiger partial charge in [-0.1, -0.05) is 42.5 Å². The number of halogens is 1. The van der Waals surface area contributed by atoms with Gasteiger partial charge in [0, 0.05) is 13.0 Å². The lowest BCUT2D eigenvalue weighted by Gasteiger charge is -2.38. The van der Waals surface area contributed by atoms with E-state index in [1.54, 1.807) is 17.0 Å². The third-order valence-electron chi connectivity index (χ3n) is 4.18. The average Bonchev–Trinajstić information content (AvgIpc) is 2.57. The number of hydrogen-bond donors (Lipinski definition) is 0. The fourth-order valence-electron chi connectivity index (χ4n) is 2.89. The van der Waals surface area contributed by atoms with Gasteiger partial charge in [-0.3, -0.25) is 4.79 Å². The first-order valence-electron chi connectivity index (χ1n) is 7.86. The summed E-state index contributed by atoms with van der Waals surface area (Å²) in [5, 5.41) is 0. The summed E-state index contributed by atoms with van der Waals surface area (Å²) in [4.78, 5) is 14.4. The van der Waals surface area contributed by atoms with E-state index in [9.17, 15) is 9.18 Å². The van der Waals surface area contributed by atoms with Crippen molar-refractivity contribution in [2.24, 2.45) is 0 Å². The highest BCUT2D eigenvalue weighted by Gasteiger charge is 2.31. The van der Waals surface area contributed by atoms with Crippen molar-refractivity contribution < 1.29 is 13.9 Å². The van der Waals surface area contributed by atoms with Crippen molar-refractivity contribution >= 4 is 5.91 Å².